The van der Waals surface area contributed by atoms with E-state index >= 15 is 0 Å². The summed E-state index contributed by atoms with van der Waals surface area (Å²) in [7, 11) is 1.58. The van der Waals surface area contributed by atoms with Gasteiger partial charge in [0.15, 0.2) is 0 Å². The highest BCUT2D eigenvalue weighted by atomic mass is 35.5. The monoisotopic (exact) mass is 255 g/mol. The average Bonchev–Trinajstić information content (AvgIpc) is 2.29. The van der Waals surface area contributed by atoms with Crippen molar-refractivity contribution in [3.05, 3.63) is 28.3 Å². The van der Waals surface area contributed by atoms with E-state index in [-0.39, 0.29) is 11.8 Å². The molecule has 1 aromatic rings. The lowest BCUT2D eigenvalue weighted by Gasteiger charge is -2.12. The molecule has 0 aliphatic heterocycles. The van der Waals surface area contributed by atoms with Crippen molar-refractivity contribution in [1.29, 1.82) is 0 Å². The summed E-state index contributed by atoms with van der Waals surface area (Å²) in [6, 6.07) is 3.70. The first-order valence-electron chi connectivity index (χ1n) is 5.56. The molecule has 0 heterocycles. The Balaban J connectivity index is 2.79. The predicted octanol–water partition coefficient (Wildman–Crippen LogP) is 2.93. The lowest BCUT2D eigenvalue weighted by molar-refractivity contribution is -0.124. The Kier molecular flexibility index (Phi) is 4.82. The van der Waals surface area contributed by atoms with Crippen molar-refractivity contribution in [2.75, 3.05) is 7.11 Å². The number of benzene rings is 1. The first-order chi connectivity index (χ1) is 7.95. The third-order valence-electron chi connectivity index (χ3n) is 2.59. The lowest BCUT2D eigenvalue weighted by atomic mass is 10.1. The van der Waals surface area contributed by atoms with E-state index in [0.717, 1.165) is 11.1 Å². The maximum Gasteiger partial charge on any atom is 0.222 e. The number of rotatable bonds is 4. The standard InChI is InChI=1S/C13H18ClNO2/c1-8(2)13(16)15-7-10-6-11(14)12(17-4)5-9(10)3/h5-6,8H,7H2,1-4H3,(H,15,16). The number of methoxy groups -OCH3 is 1. The van der Waals surface area contributed by atoms with Crippen LogP contribution >= 0.6 is 11.6 Å². The zero-order chi connectivity index (χ0) is 13.0. The first kappa shape index (κ1) is 13.8. The summed E-state index contributed by atoms with van der Waals surface area (Å²) in [4.78, 5) is 11.5. The van der Waals surface area contributed by atoms with Crippen LogP contribution in [0, 0.1) is 12.8 Å². The molecule has 0 aliphatic carbocycles. The normalized spacial score (nSPS) is 10.5. The molecule has 1 aromatic carbocycles. The van der Waals surface area contributed by atoms with Gasteiger partial charge in [-0.2, -0.15) is 0 Å². The predicted molar refractivity (Wildman–Crippen MR) is 69.4 cm³/mol. The van der Waals surface area contributed by atoms with Crippen LogP contribution in [-0.2, 0) is 11.3 Å². The van der Waals surface area contributed by atoms with Crippen molar-refractivity contribution in [1.82, 2.24) is 5.32 Å². The van der Waals surface area contributed by atoms with Crippen LogP contribution in [0.5, 0.6) is 5.75 Å². The largest absolute Gasteiger partial charge is 0.495 e. The minimum absolute atomic E-state index is 0.0102. The van der Waals surface area contributed by atoms with Gasteiger partial charge in [-0.25, -0.2) is 0 Å². The third-order valence-corrected chi connectivity index (χ3v) is 2.88. The summed E-state index contributed by atoms with van der Waals surface area (Å²) in [5.74, 6) is 0.684. The molecular weight excluding hydrogens is 238 g/mol. The summed E-state index contributed by atoms with van der Waals surface area (Å²) in [5, 5.41) is 3.43. The van der Waals surface area contributed by atoms with Gasteiger partial charge in [-0.05, 0) is 30.2 Å². The van der Waals surface area contributed by atoms with Gasteiger partial charge in [0, 0.05) is 12.5 Å². The maximum atomic E-state index is 11.5. The highest BCUT2D eigenvalue weighted by molar-refractivity contribution is 6.32. The minimum Gasteiger partial charge on any atom is -0.495 e. The van der Waals surface area contributed by atoms with Gasteiger partial charge in [0.2, 0.25) is 5.91 Å². The molecule has 1 amide bonds. The fraction of sp³-hybridized carbons (Fsp3) is 0.462. The second kappa shape index (κ2) is 5.92. The smallest absolute Gasteiger partial charge is 0.222 e. The molecule has 94 valence electrons. The number of hydrogen-bond acceptors (Lipinski definition) is 2. The van der Waals surface area contributed by atoms with Crippen molar-refractivity contribution >= 4 is 17.5 Å². The van der Waals surface area contributed by atoms with Crippen molar-refractivity contribution in [2.45, 2.75) is 27.3 Å². The lowest BCUT2D eigenvalue weighted by Crippen LogP contribution is -2.27. The molecule has 0 aliphatic rings. The third kappa shape index (κ3) is 3.63. The molecule has 0 fully saturated rings. The fourth-order valence-electron chi connectivity index (χ4n) is 1.43. The zero-order valence-electron chi connectivity index (χ0n) is 10.6. The van der Waals surface area contributed by atoms with Crippen LogP contribution in [-0.4, -0.2) is 13.0 Å². The Bertz CT molecular complexity index is 416. The number of carbonyl (C=O) groups is 1. The molecule has 0 aromatic heterocycles. The summed E-state index contributed by atoms with van der Waals surface area (Å²) in [5.41, 5.74) is 2.06. The topological polar surface area (TPSA) is 38.3 Å². The average molecular weight is 256 g/mol. The van der Waals surface area contributed by atoms with E-state index in [9.17, 15) is 4.79 Å². The van der Waals surface area contributed by atoms with Crippen molar-refractivity contribution < 1.29 is 9.53 Å². The Labute approximate surface area is 107 Å². The van der Waals surface area contributed by atoms with Crippen molar-refractivity contribution in [3.8, 4) is 5.75 Å². The quantitative estimate of drug-likeness (QED) is 0.898. The molecule has 0 saturated heterocycles. The molecule has 0 radical (unpaired) electrons. The second-order valence-electron chi connectivity index (χ2n) is 4.29. The van der Waals surface area contributed by atoms with Crippen LogP contribution in [0.25, 0.3) is 0 Å². The number of carbonyl (C=O) groups excluding carboxylic acids is 1. The van der Waals surface area contributed by atoms with Gasteiger partial charge >= 0.3 is 0 Å². The van der Waals surface area contributed by atoms with Crippen LogP contribution in [0.15, 0.2) is 12.1 Å². The van der Waals surface area contributed by atoms with Crippen LogP contribution in [0.1, 0.15) is 25.0 Å². The molecule has 17 heavy (non-hydrogen) atoms. The van der Waals surface area contributed by atoms with E-state index in [4.69, 9.17) is 16.3 Å². The molecule has 0 atom stereocenters. The molecule has 3 nitrogen and oxygen atoms in total. The minimum atomic E-state index is -0.0102. The van der Waals surface area contributed by atoms with E-state index in [1.165, 1.54) is 0 Å². The van der Waals surface area contributed by atoms with Gasteiger partial charge in [0.1, 0.15) is 5.75 Å². The molecule has 1 rings (SSSR count). The van der Waals surface area contributed by atoms with Gasteiger partial charge in [-0.15, -0.1) is 0 Å². The van der Waals surface area contributed by atoms with Crippen molar-refractivity contribution in [3.63, 3.8) is 0 Å². The molecule has 1 N–H and O–H groups in total. The summed E-state index contributed by atoms with van der Waals surface area (Å²) in [6.07, 6.45) is 0. The van der Waals surface area contributed by atoms with Gasteiger partial charge in [0.05, 0.1) is 12.1 Å². The zero-order valence-corrected chi connectivity index (χ0v) is 11.4. The van der Waals surface area contributed by atoms with E-state index in [1.807, 2.05) is 32.9 Å². The van der Waals surface area contributed by atoms with Crippen LogP contribution in [0.2, 0.25) is 5.02 Å². The van der Waals surface area contributed by atoms with Gasteiger partial charge in [-0.1, -0.05) is 25.4 Å². The van der Waals surface area contributed by atoms with Gasteiger partial charge < -0.3 is 10.1 Å². The molecule has 0 saturated carbocycles. The fourth-order valence-corrected chi connectivity index (χ4v) is 1.69. The van der Waals surface area contributed by atoms with Crippen LogP contribution in [0.3, 0.4) is 0 Å². The molecule has 0 spiro atoms. The first-order valence-corrected chi connectivity index (χ1v) is 5.94. The number of amides is 1. The number of hydrogen-bond donors (Lipinski definition) is 1. The summed E-state index contributed by atoms with van der Waals surface area (Å²) >= 11 is 6.04. The van der Waals surface area contributed by atoms with Crippen LogP contribution in [0.4, 0.5) is 0 Å². The van der Waals surface area contributed by atoms with E-state index in [2.05, 4.69) is 5.32 Å². The Morgan fingerprint density at radius 3 is 2.65 bits per heavy atom. The second-order valence-corrected chi connectivity index (χ2v) is 4.69. The van der Waals surface area contributed by atoms with E-state index in [1.54, 1.807) is 7.11 Å². The number of halogens is 1. The van der Waals surface area contributed by atoms with Gasteiger partial charge in [0.25, 0.3) is 0 Å². The highest BCUT2D eigenvalue weighted by Gasteiger charge is 2.09. The Morgan fingerprint density at radius 2 is 2.12 bits per heavy atom. The van der Waals surface area contributed by atoms with Crippen LogP contribution < -0.4 is 10.1 Å². The Hall–Kier alpha value is -1.22. The molecular formula is C13H18ClNO2. The Morgan fingerprint density at radius 1 is 1.47 bits per heavy atom. The molecule has 0 unspecified atom stereocenters. The molecule has 4 heteroatoms. The summed E-state index contributed by atoms with van der Waals surface area (Å²) < 4.78 is 5.13. The number of aryl methyl sites for hydroxylation is 1. The maximum absolute atomic E-state index is 11.5. The van der Waals surface area contributed by atoms with E-state index in [0.29, 0.717) is 17.3 Å². The SMILES string of the molecule is COc1cc(C)c(CNC(=O)C(C)C)cc1Cl. The van der Waals surface area contributed by atoms with Crippen molar-refractivity contribution in [2.24, 2.45) is 5.92 Å². The van der Waals surface area contributed by atoms with Gasteiger partial charge in [-0.3, -0.25) is 4.79 Å². The number of nitrogens with one attached hydrogen (secondary N) is 1. The number of ether oxygens (including phenoxy) is 1. The van der Waals surface area contributed by atoms with E-state index < -0.39 is 0 Å². The highest BCUT2D eigenvalue weighted by Crippen LogP contribution is 2.27. The summed E-state index contributed by atoms with van der Waals surface area (Å²) in [6.45, 7) is 6.19. The molecule has 0 bridgehead atoms.